The smallest absolute Gasteiger partial charge is 0.264 e. The second-order valence-corrected chi connectivity index (χ2v) is 13.2. The van der Waals surface area contributed by atoms with Crippen LogP contribution in [-0.2, 0) is 32.6 Å². The van der Waals surface area contributed by atoms with Gasteiger partial charge in [-0.15, -0.1) is 0 Å². The number of ether oxygens (including phenoxy) is 2. The highest BCUT2D eigenvalue weighted by Crippen LogP contribution is 2.32. The van der Waals surface area contributed by atoms with E-state index in [0.29, 0.717) is 12.3 Å². The van der Waals surface area contributed by atoms with Gasteiger partial charge in [-0.05, 0) is 60.9 Å². The van der Waals surface area contributed by atoms with Crippen LogP contribution in [0.3, 0.4) is 0 Å². The summed E-state index contributed by atoms with van der Waals surface area (Å²) >= 11 is 0. The number of aryl methyl sites for hydroxylation is 1. The van der Waals surface area contributed by atoms with Crippen molar-refractivity contribution < 1.29 is 31.9 Å². The molecule has 4 aromatic carbocycles. The topological polar surface area (TPSA) is 105 Å². The number of benzene rings is 4. The van der Waals surface area contributed by atoms with E-state index in [9.17, 15) is 22.4 Å². The number of amides is 2. The lowest BCUT2D eigenvalue weighted by molar-refractivity contribution is -0.140. The van der Waals surface area contributed by atoms with Crippen LogP contribution < -0.4 is 19.1 Å². The molecular weight excluding hydrogens is 633 g/mol. The molecule has 0 heterocycles. The van der Waals surface area contributed by atoms with Gasteiger partial charge in [0.25, 0.3) is 10.0 Å². The van der Waals surface area contributed by atoms with Gasteiger partial charge in [0.15, 0.2) is 11.5 Å². The summed E-state index contributed by atoms with van der Waals surface area (Å²) in [6, 6.07) is 24.9. The van der Waals surface area contributed by atoms with E-state index in [-0.39, 0.29) is 35.2 Å². The van der Waals surface area contributed by atoms with Gasteiger partial charge in [0, 0.05) is 25.6 Å². The molecule has 0 aliphatic rings. The highest BCUT2D eigenvalue weighted by molar-refractivity contribution is 7.92. The number of hydrogen-bond acceptors (Lipinski definition) is 6. The molecule has 1 N–H and O–H groups in total. The first kappa shape index (κ1) is 35.9. The van der Waals surface area contributed by atoms with Crippen LogP contribution in [0, 0.1) is 12.7 Å². The van der Waals surface area contributed by atoms with Gasteiger partial charge in [-0.25, -0.2) is 12.8 Å². The zero-order valence-corrected chi connectivity index (χ0v) is 28.5. The largest absolute Gasteiger partial charge is 0.493 e. The number of nitrogens with zero attached hydrogens (tertiary/aromatic N) is 2. The normalized spacial score (nSPS) is 11.8. The van der Waals surface area contributed by atoms with Crippen molar-refractivity contribution >= 4 is 27.5 Å². The second kappa shape index (κ2) is 16.8. The van der Waals surface area contributed by atoms with Gasteiger partial charge in [-0.3, -0.25) is 13.9 Å². The molecule has 0 fully saturated rings. The Kier molecular flexibility index (Phi) is 12.6. The molecule has 2 amide bonds. The predicted molar refractivity (Wildman–Crippen MR) is 184 cm³/mol. The molecule has 11 heteroatoms. The number of unbranched alkanes of at least 4 members (excludes halogenated alkanes) is 1. The first-order chi connectivity index (χ1) is 23.1. The minimum Gasteiger partial charge on any atom is -0.493 e. The number of anilines is 1. The molecule has 0 spiro atoms. The Labute approximate surface area is 282 Å². The molecule has 48 heavy (non-hydrogen) atoms. The van der Waals surface area contributed by atoms with Crippen LogP contribution in [0.15, 0.2) is 102 Å². The lowest BCUT2D eigenvalue weighted by atomic mass is 10.0. The van der Waals surface area contributed by atoms with Crippen LogP contribution in [0.5, 0.6) is 11.5 Å². The summed E-state index contributed by atoms with van der Waals surface area (Å²) < 4.78 is 54.2. The number of nitrogens with one attached hydrogen (secondary N) is 1. The molecule has 9 nitrogen and oxygen atoms in total. The monoisotopic (exact) mass is 675 g/mol. The van der Waals surface area contributed by atoms with Crippen molar-refractivity contribution in [1.82, 2.24) is 10.2 Å². The molecule has 254 valence electrons. The molecule has 0 radical (unpaired) electrons. The van der Waals surface area contributed by atoms with Crippen LogP contribution in [0.25, 0.3) is 0 Å². The van der Waals surface area contributed by atoms with Gasteiger partial charge in [0.1, 0.15) is 18.4 Å². The minimum atomic E-state index is -4.43. The summed E-state index contributed by atoms with van der Waals surface area (Å²) in [4.78, 5) is 29.7. The van der Waals surface area contributed by atoms with Crippen molar-refractivity contribution in [3.63, 3.8) is 0 Å². The summed E-state index contributed by atoms with van der Waals surface area (Å²) in [7, 11) is -1.61. The highest BCUT2D eigenvalue weighted by atomic mass is 32.2. The van der Waals surface area contributed by atoms with E-state index >= 15 is 0 Å². The first-order valence-corrected chi connectivity index (χ1v) is 17.2. The van der Waals surface area contributed by atoms with E-state index < -0.39 is 34.3 Å². The molecule has 0 bridgehead atoms. The first-order valence-electron chi connectivity index (χ1n) is 15.7. The Bertz CT molecular complexity index is 1770. The number of hydrogen-bond donors (Lipinski definition) is 1. The fraction of sp³-hybridized carbons (Fsp3) is 0.297. The summed E-state index contributed by atoms with van der Waals surface area (Å²) in [5, 5.41) is 2.97. The molecule has 0 saturated heterocycles. The Morgan fingerprint density at radius 1 is 0.854 bits per heavy atom. The molecule has 0 aliphatic heterocycles. The molecule has 0 aromatic heterocycles. The Hall–Kier alpha value is -4.90. The van der Waals surface area contributed by atoms with E-state index in [2.05, 4.69) is 5.32 Å². The highest BCUT2D eigenvalue weighted by Gasteiger charge is 2.35. The van der Waals surface area contributed by atoms with Gasteiger partial charge in [0.05, 0.1) is 24.8 Å². The predicted octanol–water partition coefficient (Wildman–Crippen LogP) is 5.90. The standard InChI is InChI=1S/C37H42FN3O6S/c1-5-6-22-39-37(43)33(23-28-10-8-7-9-11-28)40(25-29-14-12-27(2)13-15-29)36(42)26-41(31-18-16-30(38)17-19-31)48(44,45)32-20-21-34(46-3)35(24-32)47-4/h7-21,24,33H,5-6,22-23,25-26H2,1-4H3,(H,39,43)/t33-/m0/s1. The van der Waals surface area contributed by atoms with Crippen molar-refractivity contribution in [2.24, 2.45) is 0 Å². The third kappa shape index (κ3) is 9.13. The van der Waals surface area contributed by atoms with Crippen molar-refractivity contribution in [2.45, 2.75) is 50.6 Å². The second-order valence-electron chi connectivity index (χ2n) is 11.4. The maximum Gasteiger partial charge on any atom is 0.264 e. The average molecular weight is 676 g/mol. The summed E-state index contributed by atoms with van der Waals surface area (Å²) in [6.07, 6.45) is 1.84. The van der Waals surface area contributed by atoms with Crippen molar-refractivity contribution in [3.05, 3.63) is 120 Å². The maximum absolute atomic E-state index is 14.6. The van der Waals surface area contributed by atoms with Gasteiger partial charge in [0.2, 0.25) is 11.8 Å². The van der Waals surface area contributed by atoms with Gasteiger partial charge >= 0.3 is 0 Å². The van der Waals surface area contributed by atoms with E-state index in [1.165, 1.54) is 49.5 Å². The summed E-state index contributed by atoms with van der Waals surface area (Å²) in [6.45, 7) is 3.78. The number of methoxy groups -OCH3 is 2. The fourth-order valence-electron chi connectivity index (χ4n) is 5.19. The van der Waals surface area contributed by atoms with E-state index in [0.717, 1.165) is 46.0 Å². The number of sulfonamides is 1. The van der Waals surface area contributed by atoms with Crippen molar-refractivity contribution in [1.29, 1.82) is 0 Å². The maximum atomic E-state index is 14.6. The molecule has 0 unspecified atom stereocenters. The van der Waals surface area contributed by atoms with E-state index in [1.54, 1.807) is 0 Å². The van der Waals surface area contributed by atoms with Crippen molar-refractivity contribution in [2.75, 3.05) is 31.6 Å². The molecule has 4 aromatic rings. The molecule has 0 saturated carbocycles. The SMILES string of the molecule is CCCCNC(=O)[C@H](Cc1ccccc1)N(Cc1ccc(C)cc1)C(=O)CN(c1ccc(F)cc1)S(=O)(=O)c1ccc(OC)c(OC)c1. The lowest BCUT2D eigenvalue weighted by Gasteiger charge is -2.34. The third-order valence-electron chi connectivity index (χ3n) is 7.91. The minimum absolute atomic E-state index is 0.0471. The van der Waals surface area contributed by atoms with E-state index in [4.69, 9.17) is 9.47 Å². The number of halogens is 1. The van der Waals surface area contributed by atoms with E-state index in [1.807, 2.05) is 68.4 Å². The molecule has 0 aliphatic carbocycles. The Balaban J connectivity index is 1.80. The summed E-state index contributed by atoms with van der Waals surface area (Å²) in [5.74, 6) is -1.03. The van der Waals surface area contributed by atoms with Crippen LogP contribution in [0.4, 0.5) is 10.1 Å². The van der Waals surface area contributed by atoms with Crippen LogP contribution in [0.1, 0.15) is 36.5 Å². The quantitative estimate of drug-likeness (QED) is 0.148. The zero-order chi connectivity index (χ0) is 34.7. The molecular formula is C37H42FN3O6S. The number of carbonyl (C=O) groups is 2. The van der Waals surface area contributed by atoms with Gasteiger partial charge in [-0.2, -0.15) is 0 Å². The molecule has 4 rings (SSSR count). The average Bonchev–Trinajstić information content (AvgIpc) is 3.10. The zero-order valence-electron chi connectivity index (χ0n) is 27.7. The fourth-order valence-corrected chi connectivity index (χ4v) is 6.62. The van der Waals surface area contributed by atoms with Gasteiger partial charge < -0.3 is 19.7 Å². The van der Waals surface area contributed by atoms with Crippen molar-refractivity contribution in [3.8, 4) is 11.5 Å². The van der Waals surface area contributed by atoms with Crippen LogP contribution in [-0.4, -0.2) is 58.5 Å². The number of rotatable bonds is 16. The summed E-state index contributed by atoms with van der Waals surface area (Å²) in [5.41, 5.74) is 2.70. The number of carbonyl (C=O) groups excluding carboxylic acids is 2. The third-order valence-corrected chi connectivity index (χ3v) is 9.68. The van der Waals surface area contributed by atoms with Gasteiger partial charge in [-0.1, -0.05) is 73.5 Å². The Morgan fingerprint density at radius 3 is 2.15 bits per heavy atom. The lowest BCUT2D eigenvalue weighted by Crippen LogP contribution is -2.53. The molecule has 1 atom stereocenters. The Morgan fingerprint density at radius 2 is 1.52 bits per heavy atom. The van der Waals surface area contributed by atoms with Crippen LogP contribution in [0.2, 0.25) is 0 Å². The van der Waals surface area contributed by atoms with Crippen LogP contribution >= 0.6 is 0 Å².